The van der Waals surface area contributed by atoms with Crippen LogP contribution in [0.4, 0.5) is 0 Å². The van der Waals surface area contributed by atoms with Gasteiger partial charge in [0.05, 0.1) is 6.10 Å². The summed E-state index contributed by atoms with van der Waals surface area (Å²) in [6.07, 6.45) is 9.92. The van der Waals surface area contributed by atoms with Crippen molar-refractivity contribution in [2.24, 2.45) is 0 Å². The van der Waals surface area contributed by atoms with Crippen molar-refractivity contribution in [3.8, 4) is 0 Å². The largest absolute Gasteiger partial charge is 0.376 e. The normalized spacial score (nSPS) is 23.1. The van der Waals surface area contributed by atoms with Gasteiger partial charge in [-0.05, 0) is 58.3 Å². The molecule has 0 unspecified atom stereocenters. The van der Waals surface area contributed by atoms with Crippen LogP contribution in [0.1, 0.15) is 51.9 Å². The first-order valence-corrected chi connectivity index (χ1v) is 8.45. The summed E-state index contributed by atoms with van der Waals surface area (Å²) in [4.78, 5) is 5.24. The first-order chi connectivity index (χ1) is 9.38. The van der Waals surface area contributed by atoms with E-state index in [1.807, 2.05) is 0 Å². The molecule has 19 heavy (non-hydrogen) atoms. The van der Waals surface area contributed by atoms with E-state index in [4.69, 9.17) is 4.74 Å². The van der Waals surface area contributed by atoms with Crippen molar-refractivity contribution in [2.45, 2.75) is 58.0 Å². The Bertz CT molecular complexity index is 203. The summed E-state index contributed by atoms with van der Waals surface area (Å²) in [5.74, 6) is 0. The molecule has 3 nitrogen and oxygen atoms in total. The van der Waals surface area contributed by atoms with Gasteiger partial charge in [-0.1, -0.05) is 19.8 Å². The monoisotopic (exact) mass is 268 g/mol. The highest BCUT2D eigenvalue weighted by Crippen LogP contribution is 2.13. The van der Waals surface area contributed by atoms with Crippen LogP contribution < -0.4 is 0 Å². The minimum Gasteiger partial charge on any atom is -0.376 e. The van der Waals surface area contributed by atoms with Crippen LogP contribution in [0, 0.1) is 0 Å². The molecule has 2 saturated heterocycles. The Morgan fingerprint density at radius 2 is 1.26 bits per heavy atom. The summed E-state index contributed by atoms with van der Waals surface area (Å²) in [6, 6.07) is 0. The fourth-order valence-electron chi connectivity index (χ4n) is 3.31. The molecule has 0 amide bonds. The van der Waals surface area contributed by atoms with Gasteiger partial charge in [-0.3, -0.25) is 0 Å². The second kappa shape index (κ2) is 8.93. The van der Waals surface area contributed by atoms with Crippen molar-refractivity contribution in [1.29, 1.82) is 0 Å². The molecule has 0 aromatic rings. The number of hydrogen-bond donors (Lipinski definition) is 0. The van der Waals surface area contributed by atoms with Gasteiger partial charge in [-0.2, -0.15) is 0 Å². The fraction of sp³-hybridized carbons (Fsp3) is 1.00. The highest BCUT2D eigenvalue weighted by atomic mass is 16.5. The van der Waals surface area contributed by atoms with Crippen LogP contribution in [0.3, 0.4) is 0 Å². The van der Waals surface area contributed by atoms with Crippen LogP contribution in [0.5, 0.6) is 0 Å². The van der Waals surface area contributed by atoms with Crippen LogP contribution in [0.15, 0.2) is 0 Å². The maximum Gasteiger partial charge on any atom is 0.0828 e. The average molecular weight is 268 g/mol. The molecule has 0 saturated carbocycles. The zero-order chi connectivity index (χ0) is 13.3. The molecule has 0 radical (unpaired) electrons. The lowest BCUT2D eigenvalue weighted by molar-refractivity contribution is -0.00246. The lowest BCUT2D eigenvalue weighted by Gasteiger charge is -2.34. The van der Waals surface area contributed by atoms with E-state index in [0.717, 1.165) is 26.1 Å². The molecule has 2 aliphatic rings. The van der Waals surface area contributed by atoms with Gasteiger partial charge in [0.15, 0.2) is 0 Å². The van der Waals surface area contributed by atoms with Gasteiger partial charge >= 0.3 is 0 Å². The van der Waals surface area contributed by atoms with E-state index in [1.165, 1.54) is 64.7 Å². The topological polar surface area (TPSA) is 15.7 Å². The van der Waals surface area contributed by atoms with Crippen LogP contribution in [-0.2, 0) is 4.74 Å². The Hall–Kier alpha value is -0.120. The molecule has 2 rings (SSSR count). The molecule has 0 aromatic heterocycles. The molecule has 2 fully saturated rings. The van der Waals surface area contributed by atoms with E-state index in [0.29, 0.717) is 6.10 Å². The summed E-state index contributed by atoms with van der Waals surface area (Å²) in [7, 11) is 0. The molecule has 2 aliphatic heterocycles. The van der Waals surface area contributed by atoms with E-state index in [-0.39, 0.29) is 0 Å². The van der Waals surface area contributed by atoms with Crippen molar-refractivity contribution in [3.63, 3.8) is 0 Å². The summed E-state index contributed by atoms with van der Waals surface area (Å²) < 4.78 is 6.11. The summed E-state index contributed by atoms with van der Waals surface area (Å²) in [6.45, 7) is 10.6. The van der Waals surface area contributed by atoms with E-state index >= 15 is 0 Å². The first-order valence-electron chi connectivity index (χ1n) is 8.45. The minimum atomic E-state index is 0.427. The minimum absolute atomic E-state index is 0.427. The fourth-order valence-corrected chi connectivity index (χ4v) is 3.31. The van der Waals surface area contributed by atoms with E-state index in [9.17, 15) is 0 Å². The Morgan fingerprint density at radius 1 is 0.789 bits per heavy atom. The van der Waals surface area contributed by atoms with Gasteiger partial charge in [-0.25, -0.2) is 0 Å². The molecule has 0 spiro atoms. The number of piperidine rings is 2. The van der Waals surface area contributed by atoms with Crippen LogP contribution in [0.25, 0.3) is 0 Å². The smallest absolute Gasteiger partial charge is 0.0828 e. The average Bonchev–Trinajstić information content (AvgIpc) is 2.47. The predicted molar refractivity (Wildman–Crippen MR) is 80.6 cm³/mol. The second-order valence-corrected chi connectivity index (χ2v) is 6.22. The highest BCUT2D eigenvalue weighted by molar-refractivity contribution is 4.75. The summed E-state index contributed by atoms with van der Waals surface area (Å²) >= 11 is 0. The summed E-state index contributed by atoms with van der Waals surface area (Å²) in [5, 5.41) is 0. The maximum atomic E-state index is 6.11. The molecule has 3 heteroatoms. The van der Waals surface area contributed by atoms with E-state index < -0.39 is 0 Å². The number of ether oxygens (including phenoxy) is 1. The molecular formula is C16H32N2O. The Kier molecular flexibility index (Phi) is 7.18. The van der Waals surface area contributed by atoms with Gasteiger partial charge in [0, 0.05) is 19.7 Å². The Balaban J connectivity index is 1.75. The predicted octanol–water partition coefficient (Wildman–Crippen LogP) is 2.75. The van der Waals surface area contributed by atoms with Gasteiger partial charge in [-0.15, -0.1) is 0 Å². The van der Waals surface area contributed by atoms with Crippen molar-refractivity contribution in [1.82, 2.24) is 9.80 Å². The van der Waals surface area contributed by atoms with Crippen LogP contribution >= 0.6 is 0 Å². The third-order valence-electron chi connectivity index (χ3n) is 4.38. The molecule has 0 atom stereocenters. The summed E-state index contributed by atoms with van der Waals surface area (Å²) in [5.41, 5.74) is 0. The third-order valence-corrected chi connectivity index (χ3v) is 4.38. The molecule has 0 aromatic carbocycles. The molecule has 0 aliphatic carbocycles. The maximum absolute atomic E-state index is 6.11. The number of rotatable bonds is 7. The SMILES string of the molecule is CCCOC(CN1CCCCC1)CN1CCCCC1. The molecule has 2 heterocycles. The standard InChI is InChI=1S/C16H32N2O/c1-2-13-19-16(14-17-9-5-3-6-10-17)15-18-11-7-4-8-12-18/h16H,2-15H2,1H3. The molecular weight excluding hydrogens is 236 g/mol. The second-order valence-electron chi connectivity index (χ2n) is 6.22. The zero-order valence-corrected chi connectivity index (χ0v) is 12.8. The van der Waals surface area contributed by atoms with Crippen molar-refractivity contribution in [3.05, 3.63) is 0 Å². The lowest BCUT2D eigenvalue weighted by atomic mass is 10.1. The number of likely N-dealkylation sites (tertiary alicyclic amines) is 2. The Morgan fingerprint density at radius 3 is 1.68 bits per heavy atom. The zero-order valence-electron chi connectivity index (χ0n) is 12.8. The number of hydrogen-bond acceptors (Lipinski definition) is 3. The third kappa shape index (κ3) is 5.80. The molecule has 0 bridgehead atoms. The van der Waals surface area contributed by atoms with Crippen LogP contribution in [0.2, 0.25) is 0 Å². The highest BCUT2D eigenvalue weighted by Gasteiger charge is 2.20. The molecule has 112 valence electrons. The van der Waals surface area contributed by atoms with Crippen molar-refractivity contribution < 1.29 is 4.74 Å². The van der Waals surface area contributed by atoms with Gasteiger partial charge in [0.1, 0.15) is 0 Å². The first kappa shape index (κ1) is 15.3. The molecule has 0 N–H and O–H groups in total. The van der Waals surface area contributed by atoms with Gasteiger partial charge in [0.2, 0.25) is 0 Å². The Labute approximate surface area is 119 Å². The van der Waals surface area contributed by atoms with Gasteiger partial charge < -0.3 is 14.5 Å². The van der Waals surface area contributed by atoms with E-state index in [2.05, 4.69) is 16.7 Å². The number of nitrogens with zero attached hydrogens (tertiary/aromatic N) is 2. The van der Waals surface area contributed by atoms with E-state index in [1.54, 1.807) is 0 Å². The van der Waals surface area contributed by atoms with Crippen molar-refractivity contribution >= 4 is 0 Å². The lowest BCUT2D eigenvalue weighted by Crippen LogP contribution is -2.44. The van der Waals surface area contributed by atoms with Crippen molar-refractivity contribution in [2.75, 3.05) is 45.9 Å². The van der Waals surface area contributed by atoms with Gasteiger partial charge in [0.25, 0.3) is 0 Å². The quantitative estimate of drug-likeness (QED) is 0.706. The van der Waals surface area contributed by atoms with Crippen LogP contribution in [-0.4, -0.2) is 61.8 Å².